The topological polar surface area (TPSA) is 36.8 Å². The van der Waals surface area contributed by atoms with E-state index in [1.54, 1.807) is 0 Å². The van der Waals surface area contributed by atoms with Crippen molar-refractivity contribution in [3.63, 3.8) is 0 Å². The molecule has 0 spiro atoms. The van der Waals surface area contributed by atoms with Crippen molar-refractivity contribution in [2.75, 3.05) is 0 Å². The number of nitrogens with zero attached hydrogens (tertiary/aromatic N) is 2. The zero-order chi connectivity index (χ0) is 13.2. The van der Waals surface area contributed by atoms with Gasteiger partial charge in [0.1, 0.15) is 0 Å². The van der Waals surface area contributed by atoms with Gasteiger partial charge in [-0.25, -0.2) is 0 Å². The summed E-state index contributed by atoms with van der Waals surface area (Å²) < 4.78 is 1.04. The van der Waals surface area contributed by atoms with Crippen LogP contribution in [0.1, 0.15) is 33.3 Å². The molecular weight excluding hydrogens is 289 g/mol. The van der Waals surface area contributed by atoms with Gasteiger partial charge in [0.2, 0.25) is 0 Å². The number of rotatable bonds is 1. The number of hydrogen-bond donors (Lipinski definition) is 1. The third-order valence-corrected chi connectivity index (χ3v) is 4.51. The monoisotopic (exact) mass is 309 g/mol. The molecule has 1 aliphatic heterocycles. The van der Waals surface area contributed by atoms with Crippen molar-refractivity contribution in [2.24, 2.45) is 10.1 Å². The first-order valence-corrected chi connectivity index (χ1v) is 7.96. The molecule has 96 valence electrons. The molecule has 0 bridgehead atoms. The number of amidine groups is 1. The van der Waals surface area contributed by atoms with Gasteiger partial charge >= 0.3 is 115 Å². The summed E-state index contributed by atoms with van der Waals surface area (Å²) in [6.45, 7) is 8.56. The molecule has 0 radical (unpaired) electrons. The first kappa shape index (κ1) is 13.3. The normalized spacial score (nSPS) is 22.6. The SMILES string of the molecule is CC1[Se]C(=NC(C)(C)C)NN=C1c1ccccc1. The molecular formula is C14H19N3Se. The Morgan fingerprint density at radius 2 is 1.89 bits per heavy atom. The minimum atomic E-state index is -0.0381. The number of benzene rings is 1. The average molecular weight is 308 g/mol. The third kappa shape index (κ3) is 3.44. The summed E-state index contributed by atoms with van der Waals surface area (Å²) in [7, 11) is 0. The van der Waals surface area contributed by atoms with E-state index in [-0.39, 0.29) is 5.54 Å². The summed E-state index contributed by atoms with van der Waals surface area (Å²) in [4.78, 5) is 5.13. The number of nitrogens with one attached hydrogen (secondary N) is 1. The van der Waals surface area contributed by atoms with Gasteiger partial charge in [-0.2, -0.15) is 0 Å². The summed E-state index contributed by atoms with van der Waals surface area (Å²) in [5.41, 5.74) is 5.43. The second-order valence-electron chi connectivity index (χ2n) is 5.32. The zero-order valence-corrected chi connectivity index (χ0v) is 13.0. The van der Waals surface area contributed by atoms with Crippen LogP contribution >= 0.6 is 0 Å². The number of aliphatic imine (C=N–C) groups is 1. The molecule has 1 aromatic carbocycles. The quantitative estimate of drug-likeness (QED) is 0.796. The molecule has 0 fully saturated rings. The van der Waals surface area contributed by atoms with E-state index in [1.165, 1.54) is 5.56 Å². The third-order valence-electron chi connectivity index (χ3n) is 2.45. The van der Waals surface area contributed by atoms with Crippen LogP contribution in [0.2, 0.25) is 4.82 Å². The molecule has 0 amide bonds. The fourth-order valence-corrected chi connectivity index (χ4v) is 3.94. The molecule has 18 heavy (non-hydrogen) atoms. The van der Waals surface area contributed by atoms with Gasteiger partial charge in [-0.3, -0.25) is 0 Å². The number of hydrogen-bond acceptors (Lipinski definition) is 2. The van der Waals surface area contributed by atoms with Crippen LogP contribution in [-0.4, -0.2) is 30.9 Å². The molecule has 1 heterocycles. The van der Waals surface area contributed by atoms with Gasteiger partial charge in [-0.05, 0) is 0 Å². The first-order chi connectivity index (χ1) is 8.46. The Balaban J connectivity index is 2.21. The van der Waals surface area contributed by atoms with Crippen molar-refractivity contribution >= 4 is 25.4 Å². The van der Waals surface area contributed by atoms with E-state index >= 15 is 0 Å². The molecule has 1 aromatic rings. The second kappa shape index (κ2) is 5.25. The Morgan fingerprint density at radius 1 is 1.22 bits per heavy atom. The maximum atomic E-state index is 4.67. The van der Waals surface area contributed by atoms with E-state index in [9.17, 15) is 0 Å². The molecule has 0 aromatic heterocycles. The van der Waals surface area contributed by atoms with Crippen LogP contribution in [0, 0.1) is 0 Å². The van der Waals surface area contributed by atoms with E-state index in [1.807, 2.05) is 6.07 Å². The molecule has 4 heteroatoms. The van der Waals surface area contributed by atoms with Gasteiger partial charge in [0, 0.05) is 0 Å². The fourth-order valence-electron chi connectivity index (χ4n) is 1.71. The van der Waals surface area contributed by atoms with Crippen LogP contribution < -0.4 is 5.43 Å². The average Bonchev–Trinajstić information content (AvgIpc) is 2.28. The van der Waals surface area contributed by atoms with E-state index in [0.717, 1.165) is 10.4 Å². The van der Waals surface area contributed by atoms with Crippen molar-refractivity contribution in [2.45, 2.75) is 38.1 Å². The van der Waals surface area contributed by atoms with Crippen LogP contribution in [0.3, 0.4) is 0 Å². The van der Waals surface area contributed by atoms with Crippen molar-refractivity contribution in [1.82, 2.24) is 5.43 Å². The summed E-state index contributed by atoms with van der Waals surface area (Å²) in [6.07, 6.45) is 0. The van der Waals surface area contributed by atoms with Crippen molar-refractivity contribution in [3.8, 4) is 0 Å². The molecule has 1 N–H and O–H groups in total. The van der Waals surface area contributed by atoms with E-state index in [4.69, 9.17) is 0 Å². The van der Waals surface area contributed by atoms with Crippen LogP contribution in [0.25, 0.3) is 0 Å². The Hall–Kier alpha value is -1.12. The van der Waals surface area contributed by atoms with Gasteiger partial charge in [-0.1, -0.05) is 0 Å². The summed E-state index contributed by atoms with van der Waals surface area (Å²) in [6, 6.07) is 10.4. The van der Waals surface area contributed by atoms with Gasteiger partial charge in [0.05, 0.1) is 0 Å². The Kier molecular flexibility index (Phi) is 3.88. The van der Waals surface area contributed by atoms with Gasteiger partial charge in [-0.15, -0.1) is 0 Å². The van der Waals surface area contributed by atoms with E-state index in [2.05, 4.69) is 67.5 Å². The van der Waals surface area contributed by atoms with Gasteiger partial charge in [0.15, 0.2) is 0 Å². The molecule has 2 rings (SSSR count). The molecule has 3 nitrogen and oxygen atoms in total. The van der Waals surface area contributed by atoms with Gasteiger partial charge in [0.25, 0.3) is 0 Å². The molecule has 0 saturated heterocycles. The standard InChI is InChI=1S/C14H19N3Se/c1-10-12(11-8-6-5-7-9-11)16-17-13(18-10)15-14(2,3)4/h5-10H,1-4H3,(H,15,17). The van der Waals surface area contributed by atoms with Crippen molar-refractivity contribution < 1.29 is 0 Å². The second-order valence-corrected chi connectivity index (χ2v) is 8.11. The minimum absolute atomic E-state index is 0.0381. The van der Waals surface area contributed by atoms with Crippen molar-refractivity contribution in [3.05, 3.63) is 35.9 Å². The molecule has 0 aliphatic carbocycles. The fraction of sp³-hybridized carbons (Fsp3) is 0.429. The van der Waals surface area contributed by atoms with Crippen LogP contribution in [0.4, 0.5) is 0 Å². The summed E-state index contributed by atoms with van der Waals surface area (Å²) in [5.74, 6) is 0. The zero-order valence-electron chi connectivity index (χ0n) is 11.3. The molecule has 1 atom stereocenters. The molecule has 1 aliphatic rings. The van der Waals surface area contributed by atoms with Crippen LogP contribution in [-0.2, 0) is 0 Å². The van der Waals surface area contributed by atoms with Gasteiger partial charge < -0.3 is 0 Å². The van der Waals surface area contributed by atoms with E-state index < -0.39 is 0 Å². The van der Waals surface area contributed by atoms with Crippen LogP contribution in [0.5, 0.6) is 0 Å². The molecule has 1 unspecified atom stereocenters. The molecule has 0 saturated carbocycles. The Labute approximate surface area is 115 Å². The maximum absolute atomic E-state index is 4.67. The van der Waals surface area contributed by atoms with E-state index in [0.29, 0.717) is 19.8 Å². The van der Waals surface area contributed by atoms with Crippen molar-refractivity contribution in [1.29, 1.82) is 0 Å². The summed E-state index contributed by atoms with van der Waals surface area (Å²) >= 11 is 0.320. The Morgan fingerprint density at radius 3 is 2.44 bits per heavy atom. The number of hydrazone groups is 1. The Bertz CT molecular complexity index is 472. The summed E-state index contributed by atoms with van der Waals surface area (Å²) in [5, 5.41) is 4.50. The first-order valence-electron chi connectivity index (χ1n) is 6.11. The predicted molar refractivity (Wildman–Crippen MR) is 78.5 cm³/mol. The predicted octanol–water partition coefficient (Wildman–Crippen LogP) is 2.66. The van der Waals surface area contributed by atoms with Crippen LogP contribution in [0.15, 0.2) is 40.4 Å².